The van der Waals surface area contributed by atoms with E-state index in [0.29, 0.717) is 30.7 Å². The zero-order valence-electron chi connectivity index (χ0n) is 12.3. The number of rotatable bonds is 7. The van der Waals surface area contributed by atoms with Crippen LogP contribution in [0.5, 0.6) is 17.5 Å². The Balaban J connectivity index is 1.98. The molecule has 1 aromatic carbocycles. The van der Waals surface area contributed by atoms with Gasteiger partial charge in [0.15, 0.2) is 0 Å². The summed E-state index contributed by atoms with van der Waals surface area (Å²) in [5.74, 6) is 1.73. The standard InChI is InChI=1S/C16H20N2O3/c1-3-10-20-16-14(17)8-9-15(18-16)21-11-12-4-6-13(19-2)7-5-12/h4-9H,3,10-11,17H2,1-2H3. The fraction of sp³-hybridized carbons (Fsp3) is 0.312. The number of anilines is 1. The molecule has 2 rings (SSSR count). The zero-order valence-corrected chi connectivity index (χ0v) is 12.3. The van der Waals surface area contributed by atoms with Crippen molar-refractivity contribution in [3.63, 3.8) is 0 Å². The van der Waals surface area contributed by atoms with E-state index in [1.807, 2.05) is 31.2 Å². The van der Waals surface area contributed by atoms with Gasteiger partial charge in [0.1, 0.15) is 12.4 Å². The van der Waals surface area contributed by atoms with Crippen LogP contribution in [0.25, 0.3) is 0 Å². The predicted molar refractivity (Wildman–Crippen MR) is 81.8 cm³/mol. The van der Waals surface area contributed by atoms with E-state index in [1.165, 1.54) is 0 Å². The van der Waals surface area contributed by atoms with Crippen LogP contribution in [-0.2, 0) is 6.61 Å². The summed E-state index contributed by atoms with van der Waals surface area (Å²) in [5.41, 5.74) is 7.36. The van der Waals surface area contributed by atoms with Crippen molar-refractivity contribution >= 4 is 5.69 Å². The molecule has 0 spiro atoms. The van der Waals surface area contributed by atoms with Gasteiger partial charge >= 0.3 is 0 Å². The Morgan fingerprint density at radius 1 is 1.05 bits per heavy atom. The number of nitrogens with zero attached hydrogens (tertiary/aromatic N) is 1. The Labute approximate surface area is 124 Å². The predicted octanol–water partition coefficient (Wildman–Crippen LogP) is 3.04. The highest BCUT2D eigenvalue weighted by Gasteiger charge is 2.05. The van der Waals surface area contributed by atoms with Crippen molar-refractivity contribution in [3.05, 3.63) is 42.0 Å². The molecule has 21 heavy (non-hydrogen) atoms. The quantitative estimate of drug-likeness (QED) is 0.848. The number of hydrogen-bond donors (Lipinski definition) is 1. The van der Waals surface area contributed by atoms with Crippen LogP contribution >= 0.6 is 0 Å². The largest absolute Gasteiger partial charge is 0.497 e. The molecule has 1 heterocycles. The van der Waals surface area contributed by atoms with Gasteiger partial charge in [-0.1, -0.05) is 19.1 Å². The van der Waals surface area contributed by atoms with Crippen molar-refractivity contribution in [2.45, 2.75) is 20.0 Å². The minimum absolute atomic E-state index is 0.420. The molecule has 0 fully saturated rings. The summed E-state index contributed by atoms with van der Waals surface area (Å²) >= 11 is 0. The third-order valence-corrected chi connectivity index (χ3v) is 2.85. The van der Waals surface area contributed by atoms with Gasteiger partial charge in [-0.15, -0.1) is 0 Å². The molecule has 1 aromatic heterocycles. The summed E-state index contributed by atoms with van der Waals surface area (Å²) in [6, 6.07) is 11.2. The van der Waals surface area contributed by atoms with Gasteiger partial charge in [0.05, 0.1) is 19.4 Å². The van der Waals surface area contributed by atoms with Crippen LogP contribution < -0.4 is 19.9 Å². The number of methoxy groups -OCH3 is 1. The Morgan fingerprint density at radius 3 is 2.48 bits per heavy atom. The Kier molecular flexibility index (Phi) is 5.26. The van der Waals surface area contributed by atoms with Crippen molar-refractivity contribution in [3.8, 4) is 17.5 Å². The second-order valence-electron chi connectivity index (χ2n) is 4.53. The molecule has 0 amide bonds. The number of hydrogen-bond acceptors (Lipinski definition) is 5. The highest BCUT2D eigenvalue weighted by Crippen LogP contribution is 2.23. The van der Waals surface area contributed by atoms with E-state index in [0.717, 1.165) is 17.7 Å². The Morgan fingerprint density at radius 2 is 1.81 bits per heavy atom. The molecule has 0 radical (unpaired) electrons. The van der Waals surface area contributed by atoms with Crippen LogP contribution in [0, 0.1) is 0 Å². The minimum Gasteiger partial charge on any atom is -0.497 e. The Hall–Kier alpha value is -2.43. The maximum absolute atomic E-state index is 5.81. The zero-order chi connectivity index (χ0) is 15.1. The lowest BCUT2D eigenvalue weighted by atomic mass is 10.2. The van der Waals surface area contributed by atoms with Gasteiger partial charge in [-0.05, 0) is 30.2 Å². The van der Waals surface area contributed by atoms with Gasteiger partial charge in [0.2, 0.25) is 11.8 Å². The maximum atomic E-state index is 5.81. The minimum atomic E-state index is 0.420. The fourth-order valence-corrected chi connectivity index (χ4v) is 1.71. The lowest BCUT2D eigenvalue weighted by Gasteiger charge is -2.10. The third kappa shape index (κ3) is 4.27. The first kappa shape index (κ1) is 15.0. The van der Waals surface area contributed by atoms with E-state index in [2.05, 4.69) is 4.98 Å². The summed E-state index contributed by atoms with van der Waals surface area (Å²) < 4.78 is 16.2. The molecular formula is C16H20N2O3. The summed E-state index contributed by atoms with van der Waals surface area (Å²) in [5, 5.41) is 0. The number of pyridine rings is 1. The van der Waals surface area contributed by atoms with Gasteiger partial charge in [0.25, 0.3) is 0 Å². The molecular weight excluding hydrogens is 268 g/mol. The van der Waals surface area contributed by atoms with E-state index in [4.69, 9.17) is 19.9 Å². The molecule has 0 aliphatic heterocycles. The third-order valence-electron chi connectivity index (χ3n) is 2.85. The first-order valence-electron chi connectivity index (χ1n) is 6.88. The molecule has 0 saturated carbocycles. The SMILES string of the molecule is CCCOc1nc(OCc2ccc(OC)cc2)ccc1N. The molecule has 5 heteroatoms. The first-order valence-corrected chi connectivity index (χ1v) is 6.88. The average molecular weight is 288 g/mol. The molecule has 0 aliphatic rings. The van der Waals surface area contributed by atoms with Crippen molar-refractivity contribution in [2.24, 2.45) is 0 Å². The number of nitrogens with two attached hydrogens (primary N) is 1. The molecule has 0 saturated heterocycles. The number of ether oxygens (including phenoxy) is 3. The summed E-state index contributed by atoms with van der Waals surface area (Å²) in [7, 11) is 1.64. The van der Waals surface area contributed by atoms with Gasteiger partial charge < -0.3 is 19.9 Å². The molecule has 2 aromatic rings. The molecule has 0 atom stereocenters. The normalized spacial score (nSPS) is 10.2. The van der Waals surface area contributed by atoms with E-state index < -0.39 is 0 Å². The molecule has 112 valence electrons. The number of aromatic nitrogens is 1. The van der Waals surface area contributed by atoms with E-state index >= 15 is 0 Å². The monoisotopic (exact) mass is 288 g/mol. The first-order chi connectivity index (χ1) is 10.2. The van der Waals surface area contributed by atoms with Crippen LogP contribution in [0.2, 0.25) is 0 Å². The van der Waals surface area contributed by atoms with Crippen molar-refractivity contribution in [1.82, 2.24) is 4.98 Å². The summed E-state index contributed by atoms with van der Waals surface area (Å²) in [6.45, 7) is 3.04. The van der Waals surface area contributed by atoms with Crippen LogP contribution in [0.1, 0.15) is 18.9 Å². The molecule has 0 aliphatic carbocycles. The highest BCUT2D eigenvalue weighted by atomic mass is 16.5. The molecule has 5 nitrogen and oxygen atoms in total. The van der Waals surface area contributed by atoms with Gasteiger partial charge in [0, 0.05) is 6.07 Å². The van der Waals surface area contributed by atoms with Crippen molar-refractivity contribution in [2.75, 3.05) is 19.5 Å². The van der Waals surface area contributed by atoms with E-state index in [1.54, 1.807) is 19.2 Å². The van der Waals surface area contributed by atoms with Crippen molar-refractivity contribution < 1.29 is 14.2 Å². The lowest BCUT2D eigenvalue weighted by Crippen LogP contribution is -2.03. The summed E-state index contributed by atoms with van der Waals surface area (Å²) in [6.07, 6.45) is 0.901. The van der Waals surface area contributed by atoms with E-state index in [9.17, 15) is 0 Å². The number of nitrogen functional groups attached to an aromatic ring is 1. The van der Waals surface area contributed by atoms with Crippen molar-refractivity contribution in [1.29, 1.82) is 0 Å². The summed E-state index contributed by atoms with van der Waals surface area (Å²) in [4.78, 5) is 4.26. The van der Waals surface area contributed by atoms with Crippen LogP contribution in [0.15, 0.2) is 36.4 Å². The molecule has 0 unspecified atom stereocenters. The van der Waals surface area contributed by atoms with Gasteiger partial charge in [-0.25, -0.2) is 0 Å². The van der Waals surface area contributed by atoms with Crippen LogP contribution in [-0.4, -0.2) is 18.7 Å². The fourth-order valence-electron chi connectivity index (χ4n) is 1.71. The second-order valence-corrected chi connectivity index (χ2v) is 4.53. The van der Waals surface area contributed by atoms with Gasteiger partial charge in [-0.3, -0.25) is 0 Å². The van der Waals surface area contributed by atoms with E-state index in [-0.39, 0.29) is 0 Å². The van der Waals surface area contributed by atoms with Crippen LogP contribution in [0.3, 0.4) is 0 Å². The lowest BCUT2D eigenvalue weighted by molar-refractivity contribution is 0.274. The average Bonchev–Trinajstić information content (AvgIpc) is 2.53. The Bertz CT molecular complexity index is 570. The molecule has 0 bridgehead atoms. The smallest absolute Gasteiger partial charge is 0.240 e. The number of benzene rings is 1. The topological polar surface area (TPSA) is 66.6 Å². The maximum Gasteiger partial charge on any atom is 0.240 e. The highest BCUT2D eigenvalue weighted by molar-refractivity contribution is 5.49. The second kappa shape index (κ2) is 7.38. The van der Waals surface area contributed by atoms with Gasteiger partial charge in [-0.2, -0.15) is 4.98 Å². The van der Waals surface area contributed by atoms with Crippen LogP contribution in [0.4, 0.5) is 5.69 Å². The molecule has 2 N–H and O–H groups in total.